The van der Waals surface area contributed by atoms with Gasteiger partial charge in [0.05, 0.1) is 0 Å². The quantitative estimate of drug-likeness (QED) is 0.877. The zero-order chi connectivity index (χ0) is 15.5. The first-order chi connectivity index (χ1) is 9.87. The molecule has 0 saturated heterocycles. The Morgan fingerprint density at radius 1 is 1.05 bits per heavy atom. The van der Waals surface area contributed by atoms with Gasteiger partial charge in [0.25, 0.3) is 0 Å². The van der Waals surface area contributed by atoms with Crippen LogP contribution in [0.4, 0.5) is 5.69 Å². The van der Waals surface area contributed by atoms with Crippen molar-refractivity contribution in [3.63, 3.8) is 0 Å². The van der Waals surface area contributed by atoms with Crippen molar-refractivity contribution in [2.45, 2.75) is 11.8 Å². The summed E-state index contributed by atoms with van der Waals surface area (Å²) in [6.07, 6.45) is 0. The molecule has 0 heterocycles. The molecular weight excluding hydrogens is 314 g/mol. The van der Waals surface area contributed by atoms with Crippen LogP contribution in [0, 0.1) is 0 Å². The molecule has 0 aliphatic carbocycles. The van der Waals surface area contributed by atoms with Crippen LogP contribution in [0.25, 0.3) is 0 Å². The van der Waals surface area contributed by atoms with Gasteiger partial charge < -0.3 is 9.50 Å². The zero-order valence-electron chi connectivity index (χ0n) is 11.0. The summed E-state index contributed by atoms with van der Waals surface area (Å²) in [5, 5.41) is 3.04. The second-order valence-corrected chi connectivity index (χ2v) is 6.18. The van der Waals surface area contributed by atoms with Crippen LogP contribution in [0.1, 0.15) is 6.92 Å². The van der Waals surface area contributed by atoms with E-state index in [4.69, 9.17) is 15.8 Å². The maximum absolute atomic E-state index is 12.1. The van der Waals surface area contributed by atoms with E-state index in [1.54, 1.807) is 0 Å². The summed E-state index contributed by atoms with van der Waals surface area (Å²) in [5.74, 6) is -0.0617. The highest BCUT2D eigenvalue weighted by Gasteiger charge is 2.16. The lowest BCUT2D eigenvalue weighted by molar-refractivity contribution is -0.114. The van der Waals surface area contributed by atoms with E-state index in [0.29, 0.717) is 10.7 Å². The van der Waals surface area contributed by atoms with Gasteiger partial charge in [-0.15, -0.1) is 0 Å². The Hall–Kier alpha value is -2.05. The van der Waals surface area contributed by atoms with E-state index in [1.807, 2.05) is 0 Å². The van der Waals surface area contributed by atoms with Crippen LogP contribution in [-0.4, -0.2) is 14.3 Å². The van der Waals surface area contributed by atoms with Gasteiger partial charge in [-0.2, -0.15) is 8.42 Å². The van der Waals surface area contributed by atoms with E-state index < -0.39 is 10.1 Å². The number of hydrogen-bond acceptors (Lipinski definition) is 4. The van der Waals surface area contributed by atoms with Crippen LogP contribution >= 0.6 is 11.6 Å². The Bertz CT molecular complexity index is 740. The van der Waals surface area contributed by atoms with Gasteiger partial charge in [-0.1, -0.05) is 11.6 Å². The fourth-order valence-electron chi connectivity index (χ4n) is 1.57. The fourth-order valence-corrected chi connectivity index (χ4v) is 2.63. The highest BCUT2D eigenvalue weighted by molar-refractivity contribution is 7.87. The molecule has 0 fully saturated rings. The molecule has 0 bridgehead atoms. The van der Waals surface area contributed by atoms with Crippen molar-refractivity contribution in [2.24, 2.45) is 0 Å². The summed E-state index contributed by atoms with van der Waals surface area (Å²) in [7, 11) is -3.93. The van der Waals surface area contributed by atoms with Crippen LogP contribution in [-0.2, 0) is 14.9 Å². The van der Waals surface area contributed by atoms with E-state index >= 15 is 0 Å². The number of benzene rings is 2. The van der Waals surface area contributed by atoms with E-state index in [0.717, 1.165) is 0 Å². The Kier molecular flexibility index (Phi) is 4.50. The first-order valence-corrected chi connectivity index (χ1v) is 7.73. The molecule has 0 aliphatic heterocycles. The number of anilines is 1. The van der Waals surface area contributed by atoms with Gasteiger partial charge in [-0.05, 0) is 48.5 Å². The van der Waals surface area contributed by atoms with Crippen LogP contribution in [0.2, 0.25) is 5.02 Å². The maximum atomic E-state index is 12.1. The average molecular weight is 326 g/mol. The lowest BCUT2D eigenvalue weighted by Crippen LogP contribution is -2.10. The SMILES string of the molecule is CC(=O)Nc1ccc(S(=O)(=O)Oc2ccc(Cl)cc2)cc1. The summed E-state index contributed by atoms with van der Waals surface area (Å²) < 4.78 is 29.1. The van der Waals surface area contributed by atoms with Gasteiger partial charge >= 0.3 is 10.1 Å². The minimum absolute atomic E-state index is 0.00782. The number of rotatable bonds is 4. The van der Waals surface area contributed by atoms with Crippen LogP contribution in [0.3, 0.4) is 0 Å². The van der Waals surface area contributed by atoms with Crippen molar-refractivity contribution < 1.29 is 17.4 Å². The Balaban J connectivity index is 2.19. The predicted molar refractivity (Wildman–Crippen MR) is 80.0 cm³/mol. The molecule has 5 nitrogen and oxygen atoms in total. The second-order valence-electron chi connectivity index (χ2n) is 4.20. The smallest absolute Gasteiger partial charge is 0.339 e. The molecule has 2 aromatic rings. The Labute approximate surface area is 127 Å². The summed E-state index contributed by atoms with van der Waals surface area (Å²) in [4.78, 5) is 10.9. The number of amides is 1. The molecule has 2 rings (SSSR count). The van der Waals surface area contributed by atoms with E-state index in [1.165, 1.54) is 55.5 Å². The van der Waals surface area contributed by atoms with Gasteiger partial charge in [-0.3, -0.25) is 4.79 Å². The zero-order valence-corrected chi connectivity index (χ0v) is 12.6. The first kappa shape index (κ1) is 15.3. The molecule has 21 heavy (non-hydrogen) atoms. The van der Waals surface area contributed by atoms with Crippen molar-refractivity contribution in [1.82, 2.24) is 0 Å². The fraction of sp³-hybridized carbons (Fsp3) is 0.0714. The third kappa shape index (κ3) is 4.21. The minimum Gasteiger partial charge on any atom is -0.379 e. The summed E-state index contributed by atoms with van der Waals surface area (Å²) >= 11 is 5.72. The Morgan fingerprint density at radius 3 is 2.14 bits per heavy atom. The summed E-state index contributed by atoms with van der Waals surface area (Å²) in [6, 6.07) is 11.7. The topological polar surface area (TPSA) is 72.5 Å². The molecule has 0 aromatic heterocycles. The van der Waals surface area contributed by atoms with E-state index in [2.05, 4.69) is 5.32 Å². The van der Waals surface area contributed by atoms with E-state index in [-0.39, 0.29) is 16.6 Å². The lowest BCUT2D eigenvalue weighted by Gasteiger charge is -2.08. The number of nitrogens with one attached hydrogen (secondary N) is 1. The number of halogens is 1. The molecule has 0 atom stereocenters. The molecule has 1 N–H and O–H groups in total. The standard InChI is InChI=1S/C14H12ClNO4S/c1-10(17)16-12-4-8-14(9-5-12)21(18,19)20-13-6-2-11(15)3-7-13/h2-9H,1H3,(H,16,17). The highest BCUT2D eigenvalue weighted by Crippen LogP contribution is 2.21. The van der Waals surface area contributed by atoms with E-state index in [9.17, 15) is 13.2 Å². The van der Waals surface area contributed by atoms with Gasteiger partial charge in [-0.25, -0.2) is 0 Å². The van der Waals surface area contributed by atoms with Crippen LogP contribution in [0.5, 0.6) is 5.75 Å². The van der Waals surface area contributed by atoms with Crippen molar-refractivity contribution >= 4 is 33.3 Å². The lowest BCUT2D eigenvalue weighted by atomic mass is 10.3. The van der Waals surface area contributed by atoms with Gasteiger partial charge in [0.2, 0.25) is 5.91 Å². The molecule has 110 valence electrons. The molecular formula is C14H12ClNO4S. The van der Waals surface area contributed by atoms with Gasteiger partial charge in [0, 0.05) is 17.6 Å². The van der Waals surface area contributed by atoms with Gasteiger partial charge in [0.1, 0.15) is 10.6 Å². The molecule has 0 aliphatic rings. The normalized spacial score (nSPS) is 11.0. The maximum Gasteiger partial charge on any atom is 0.339 e. The molecule has 0 saturated carbocycles. The number of carbonyl (C=O) groups is 1. The van der Waals surface area contributed by atoms with Gasteiger partial charge in [0.15, 0.2) is 0 Å². The predicted octanol–water partition coefficient (Wildman–Crippen LogP) is 3.07. The molecule has 2 aromatic carbocycles. The molecule has 0 radical (unpaired) electrons. The number of carbonyl (C=O) groups excluding carboxylic acids is 1. The molecule has 1 amide bonds. The number of hydrogen-bond donors (Lipinski definition) is 1. The molecule has 7 heteroatoms. The first-order valence-electron chi connectivity index (χ1n) is 5.94. The van der Waals surface area contributed by atoms with Crippen molar-refractivity contribution in [2.75, 3.05) is 5.32 Å². The summed E-state index contributed by atoms with van der Waals surface area (Å²) in [5.41, 5.74) is 0.507. The average Bonchev–Trinajstić information content (AvgIpc) is 2.41. The second kappa shape index (κ2) is 6.15. The van der Waals surface area contributed by atoms with Crippen LogP contribution in [0.15, 0.2) is 53.4 Å². The van der Waals surface area contributed by atoms with Crippen molar-refractivity contribution in [1.29, 1.82) is 0 Å². The highest BCUT2D eigenvalue weighted by atomic mass is 35.5. The third-order valence-electron chi connectivity index (χ3n) is 2.48. The third-order valence-corrected chi connectivity index (χ3v) is 4.00. The monoisotopic (exact) mass is 325 g/mol. The molecule has 0 spiro atoms. The molecule has 0 unspecified atom stereocenters. The summed E-state index contributed by atoms with van der Waals surface area (Å²) in [6.45, 7) is 1.37. The minimum atomic E-state index is -3.93. The Morgan fingerprint density at radius 2 is 1.62 bits per heavy atom. The van der Waals surface area contributed by atoms with Crippen LogP contribution < -0.4 is 9.50 Å². The van der Waals surface area contributed by atoms with Crippen molar-refractivity contribution in [3.8, 4) is 5.75 Å². The van der Waals surface area contributed by atoms with Crippen molar-refractivity contribution in [3.05, 3.63) is 53.6 Å². The largest absolute Gasteiger partial charge is 0.379 e.